The molecule has 1 amide bonds. The summed E-state index contributed by atoms with van der Waals surface area (Å²) >= 11 is 0. The molecule has 0 bridgehead atoms. The maximum absolute atomic E-state index is 12.8. The Balaban J connectivity index is 1.74. The van der Waals surface area contributed by atoms with E-state index in [1.165, 1.54) is 4.40 Å². The Kier molecular flexibility index (Phi) is 4.35. The van der Waals surface area contributed by atoms with E-state index in [1.807, 2.05) is 19.9 Å². The van der Waals surface area contributed by atoms with Gasteiger partial charge in [-0.05, 0) is 55.8 Å². The molecular weight excluding hydrogens is 356 g/mol. The van der Waals surface area contributed by atoms with E-state index in [0.29, 0.717) is 34.7 Å². The summed E-state index contributed by atoms with van der Waals surface area (Å²) in [6, 6.07) is 12.4. The van der Waals surface area contributed by atoms with Crippen LogP contribution in [0.4, 0.5) is 5.69 Å². The highest BCUT2D eigenvalue weighted by Gasteiger charge is 2.18. The Bertz CT molecular complexity index is 1250. The first-order valence-corrected chi connectivity index (χ1v) is 9.01. The molecule has 0 saturated heterocycles. The Hall–Kier alpha value is -3.61. The third-order valence-corrected chi connectivity index (χ3v) is 4.68. The number of pyridine rings is 1. The van der Waals surface area contributed by atoms with Crippen LogP contribution < -0.4 is 15.6 Å². The molecule has 1 N–H and O–H groups in total. The second-order valence-electron chi connectivity index (χ2n) is 6.54. The minimum atomic E-state index is -0.310. The minimum Gasteiger partial charge on any atom is -0.494 e. The first-order valence-electron chi connectivity index (χ1n) is 9.01. The van der Waals surface area contributed by atoms with Crippen molar-refractivity contribution in [2.24, 2.45) is 7.05 Å². The summed E-state index contributed by atoms with van der Waals surface area (Å²) < 4.78 is 8.56. The molecule has 0 aliphatic carbocycles. The minimum absolute atomic E-state index is 0.195. The molecule has 3 aromatic heterocycles. The van der Waals surface area contributed by atoms with Crippen LogP contribution in [-0.2, 0) is 7.05 Å². The van der Waals surface area contributed by atoms with Crippen LogP contribution in [0.25, 0.3) is 16.7 Å². The van der Waals surface area contributed by atoms with Gasteiger partial charge in [0.15, 0.2) is 0 Å². The molecule has 7 heteroatoms. The maximum Gasteiger partial charge on any atom is 0.272 e. The van der Waals surface area contributed by atoms with Crippen molar-refractivity contribution in [3.05, 3.63) is 70.3 Å². The topological polar surface area (TPSA) is 77.6 Å². The molecule has 1 aromatic carbocycles. The summed E-state index contributed by atoms with van der Waals surface area (Å²) in [7, 11) is 1.73. The fraction of sp³-hybridized carbons (Fsp3) is 0.190. The molecule has 0 radical (unpaired) electrons. The van der Waals surface area contributed by atoms with Crippen LogP contribution in [0.5, 0.6) is 5.75 Å². The van der Waals surface area contributed by atoms with Gasteiger partial charge in [0.2, 0.25) is 0 Å². The van der Waals surface area contributed by atoms with Crippen LogP contribution in [0.2, 0.25) is 0 Å². The monoisotopic (exact) mass is 376 g/mol. The van der Waals surface area contributed by atoms with Crippen molar-refractivity contribution in [2.75, 3.05) is 11.9 Å². The van der Waals surface area contributed by atoms with E-state index in [0.717, 1.165) is 11.3 Å². The largest absolute Gasteiger partial charge is 0.494 e. The molecule has 28 heavy (non-hydrogen) atoms. The average Bonchev–Trinajstić information content (AvgIpc) is 3.02. The number of anilines is 1. The maximum atomic E-state index is 12.8. The molecule has 0 saturated carbocycles. The van der Waals surface area contributed by atoms with Gasteiger partial charge in [0, 0.05) is 18.9 Å². The number of hydrogen-bond acceptors (Lipinski definition) is 4. The fourth-order valence-electron chi connectivity index (χ4n) is 3.24. The predicted octanol–water partition coefficient (Wildman–Crippen LogP) is 3.15. The number of nitrogens with one attached hydrogen (secondary N) is 1. The molecule has 7 nitrogen and oxygen atoms in total. The first-order chi connectivity index (χ1) is 13.5. The molecule has 3 heterocycles. The van der Waals surface area contributed by atoms with Crippen molar-refractivity contribution >= 4 is 28.3 Å². The van der Waals surface area contributed by atoms with E-state index in [2.05, 4.69) is 10.3 Å². The number of fused-ring (bicyclic) bond motifs is 2. The van der Waals surface area contributed by atoms with E-state index in [4.69, 9.17) is 4.74 Å². The summed E-state index contributed by atoms with van der Waals surface area (Å²) in [5.41, 5.74) is 2.77. The van der Waals surface area contributed by atoms with Gasteiger partial charge in [-0.2, -0.15) is 0 Å². The quantitative estimate of drug-likeness (QED) is 0.594. The van der Waals surface area contributed by atoms with Crippen molar-refractivity contribution < 1.29 is 9.53 Å². The predicted molar refractivity (Wildman–Crippen MR) is 108 cm³/mol. The van der Waals surface area contributed by atoms with Crippen LogP contribution >= 0.6 is 0 Å². The summed E-state index contributed by atoms with van der Waals surface area (Å²) in [5.74, 6) is 0.430. The highest BCUT2D eigenvalue weighted by atomic mass is 16.5. The smallest absolute Gasteiger partial charge is 0.272 e. The van der Waals surface area contributed by atoms with Crippen LogP contribution in [0.15, 0.2) is 53.5 Å². The van der Waals surface area contributed by atoms with Gasteiger partial charge in [-0.15, -0.1) is 0 Å². The standard InChI is InChI=1S/C21H20N4O3/c1-4-28-15-9-7-14(8-10-15)22-20(26)17-12-16-19(24(17)3)23-18-13(2)6-5-11-25(18)21(16)27/h5-12H,4H2,1-3H3,(H,22,26). The van der Waals surface area contributed by atoms with Crippen LogP contribution in [0.1, 0.15) is 23.0 Å². The lowest BCUT2D eigenvalue weighted by molar-refractivity contribution is 0.101. The van der Waals surface area contributed by atoms with Gasteiger partial charge in [0.1, 0.15) is 22.7 Å². The van der Waals surface area contributed by atoms with Gasteiger partial charge < -0.3 is 14.6 Å². The third kappa shape index (κ3) is 2.90. The Morgan fingerprint density at radius 1 is 1.18 bits per heavy atom. The summed E-state index contributed by atoms with van der Waals surface area (Å²) in [5, 5.41) is 3.25. The molecule has 0 unspecified atom stereocenters. The number of aromatic nitrogens is 3. The molecule has 0 aliphatic rings. The summed E-state index contributed by atoms with van der Waals surface area (Å²) in [6.45, 7) is 4.39. The van der Waals surface area contributed by atoms with Gasteiger partial charge in [-0.25, -0.2) is 4.98 Å². The number of carbonyl (C=O) groups is 1. The summed E-state index contributed by atoms with van der Waals surface area (Å²) in [6.07, 6.45) is 1.68. The second kappa shape index (κ2) is 6.84. The van der Waals surface area contributed by atoms with E-state index in [-0.39, 0.29) is 11.5 Å². The van der Waals surface area contributed by atoms with Gasteiger partial charge >= 0.3 is 0 Å². The van der Waals surface area contributed by atoms with E-state index < -0.39 is 0 Å². The van der Waals surface area contributed by atoms with Crippen LogP contribution in [0.3, 0.4) is 0 Å². The molecule has 0 spiro atoms. The van der Waals surface area contributed by atoms with Crippen LogP contribution in [0, 0.1) is 6.92 Å². The van der Waals surface area contributed by atoms with Crippen molar-refractivity contribution in [2.45, 2.75) is 13.8 Å². The average molecular weight is 376 g/mol. The number of rotatable bonds is 4. The van der Waals surface area contributed by atoms with E-state index in [9.17, 15) is 9.59 Å². The lowest BCUT2D eigenvalue weighted by Crippen LogP contribution is -2.16. The molecule has 0 atom stereocenters. The Morgan fingerprint density at radius 3 is 2.64 bits per heavy atom. The SMILES string of the molecule is CCOc1ccc(NC(=O)c2cc3c(=O)n4cccc(C)c4nc3n2C)cc1. The number of ether oxygens (including phenoxy) is 1. The Labute approximate surface area is 161 Å². The van der Waals surface area contributed by atoms with E-state index in [1.54, 1.807) is 54.2 Å². The summed E-state index contributed by atoms with van der Waals surface area (Å²) in [4.78, 5) is 30.2. The van der Waals surface area contributed by atoms with Crippen molar-refractivity contribution in [3.63, 3.8) is 0 Å². The van der Waals surface area contributed by atoms with Gasteiger partial charge in [-0.3, -0.25) is 14.0 Å². The lowest BCUT2D eigenvalue weighted by Gasteiger charge is -2.08. The Morgan fingerprint density at radius 2 is 1.93 bits per heavy atom. The molecule has 4 rings (SSSR count). The zero-order chi connectivity index (χ0) is 19.8. The molecule has 0 fully saturated rings. The highest BCUT2D eigenvalue weighted by Crippen LogP contribution is 2.19. The van der Waals surface area contributed by atoms with Gasteiger partial charge in [0.05, 0.1) is 12.0 Å². The number of nitrogens with zero attached hydrogens (tertiary/aromatic N) is 3. The van der Waals surface area contributed by atoms with Crippen LogP contribution in [-0.4, -0.2) is 26.5 Å². The fourth-order valence-corrected chi connectivity index (χ4v) is 3.24. The van der Waals surface area contributed by atoms with Gasteiger partial charge in [-0.1, -0.05) is 6.07 Å². The highest BCUT2D eigenvalue weighted by molar-refractivity contribution is 6.06. The first kappa shape index (κ1) is 17.8. The van der Waals surface area contributed by atoms with Crippen molar-refractivity contribution in [3.8, 4) is 5.75 Å². The van der Waals surface area contributed by atoms with Gasteiger partial charge in [0.25, 0.3) is 11.5 Å². The number of amides is 1. The molecule has 142 valence electrons. The number of hydrogen-bond donors (Lipinski definition) is 1. The van der Waals surface area contributed by atoms with Crippen molar-refractivity contribution in [1.29, 1.82) is 0 Å². The lowest BCUT2D eigenvalue weighted by atomic mass is 10.2. The molecule has 4 aromatic rings. The zero-order valence-corrected chi connectivity index (χ0v) is 15.9. The number of aryl methyl sites for hydroxylation is 2. The van der Waals surface area contributed by atoms with E-state index >= 15 is 0 Å². The van der Waals surface area contributed by atoms with Crippen molar-refractivity contribution in [1.82, 2.24) is 14.0 Å². The third-order valence-electron chi connectivity index (χ3n) is 4.68. The number of benzene rings is 1. The number of carbonyl (C=O) groups excluding carboxylic acids is 1. The molecular formula is C21H20N4O3. The second-order valence-corrected chi connectivity index (χ2v) is 6.54. The molecule has 0 aliphatic heterocycles. The normalized spacial score (nSPS) is 11.1. The zero-order valence-electron chi connectivity index (χ0n) is 15.9.